The zero-order chi connectivity index (χ0) is 15.5. The normalized spacial score (nSPS) is 14.1. The number of rotatable bonds is 7. The van der Waals surface area contributed by atoms with E-state index in [2.05, 4.69) is 63.1 Å². The van der Waals surface area contributed by atoms with Crippen molar-refractivity contribution in [2.24, 2.45) is 11.1 Å². The fourth-order valence-corrected chi connectivity index (χ4v) is 2.94. The number of nitrogens with two attached hydrogens (primary N) is 1. The third kappa shape index (κ3) is 3.61. The van der Waals surface area contributed by atoms with Crippen LogP contribution in [-0.2, 0) is 6.54 Å². The largest absolute Gasteiger partial charge is 0.330 e. The molecular formula is C16H32N4. The Hall–Kier alpha value is -0.870. The molecule has 1 heterocycles. The maximum atomic E-state index is 5.89. The molecule has 0 aliphatic rings. The van der Waals surface area contributed by atoms with E-state index in [1.165, 1.54) is 11.3 Å². The molecule has 20 heavy (non-hydrogen) atoms. The molecule has 4 heteroatoms. The quantitative estimate of drug-likeness (QED) is 0.835. The molecule has 4 nitrogen and oxygen atoms in total. The summed E-state index contributed by atoms with van der Waals surface area (Å²) in [5.74, 6) is 0. The van der Waals surface area contributed by atoms with Crippen LogP contribution in [0.1, 0.15) is 57.6 Å². The molecule has 0 bridgehead atoms. The molecule has 1 atom stereocenters. The number of hydrogen-bond donors (Lipinski definition) is 1. The van der Waals surface area contributed by atoms with Crippen molar-refractivity contribution in [1.29, 1.82) is 0 Å². The molecule has 0 aliphatic heterocycles. The molecule has 0 aliphatic carbocycles. The van der Waals surface area contributed by atoms with Crippen LogP contribution in [0.2, 0.25) is 0 Å². The first-order chi connectivity index (χ1) is 9.27. The Bertz CT molecular complexity index is 434. The maximum Gasteiger partial charge on any atom is 0.0644 e. The Morgan fingerprint density at radius 2 is 1.90 bits per heavy atom. The topological polar surface area (TPSA) is 47.1 Å². The van der Waals surface area contributed by atoms with E-state index in [0.717, 1.165) is 25.3 Å². The number of nitrogens with zero attached hydrogens (tertiary/aromatic N) is 3. The van der Waals surface area contributed by atoms with Crippen LogP contribution in [0.3, 0.4) is 0 Å². The number of hydrogen-bond acceptors (Lipinski definition) is 3. The maximum absolute atomic E-state index is 5.89. The summed E-state index contributed by atoms with van der Waals surface area (Å²) in [7, 11) is 0. The van der Waals surface area contributed by atoms with Crippen LogP contribution in [0.15, 0.2) is 0 Å². The highest BCUT2D eigenvalue weighted by molar-refractivity contribution is 5.28. The van der Waals surface area contributed by atoms with Gasteiger partial charge < -0.3 is 5.73 Å². The molecule has 116 valence electrons. The molecule has 0 spiro atoms. The minimum absolute atomic E-state index is 0.146. The SMILES string of the molecule is CCN(CC(C)(C)CN)C(C)c1c(C)nn(CC)c1C. The smallest absolute Gasteiger partial charge is 0.0644 e. The molecule has 1 aromatic rings. The van der Waals surface area contributed by atoms with Crippen molar-refractivity contribution in [2.75, 3.05) is 19.6 Å². The summed E-state index contributed by atoms with van der Waals surface area (Å²) in [6, 6.07) is 0.381. The molecule has 1 unspecified atom stereocenters. The Morgan fingerprint density at radius 1 is 1.30 bits per heavy atom. The van der Waals surface area contributed by atoms with Crippen LogP contribution < -0.4 is 5.73 Å². The van der Waals surface area contributed by atoms with Gasteiger partial charge in [0.2, 0.25) is 0 Å². The van der Waals surface area contributed by atoms with E-state index in [1.54, 1.807) is 0 Å². The summed E-state index contributed by atoms with van der Waals surface area (Å²) in [6.45, 7) is 19.1. The summed E-state index contributed by atoms with van der Waals surface area (Å²) in [4.78, 5) is 2.50. The highest BCUT2D eigenvalue weighted by Crippen LogP contribution is 2.29. The van der Waals surface area contributed by atoms with Gasteiger partial charge in [0.25, 0.3) is 0 Å². The highest BCUT2D eigenvalue weighted by Gasteiger charge is 2.26. The van der Waals surface area contributed by atoms with Gasteiger partial charge in [-0.2, -0.15) is 5.10 Å². The van der Waals surface area contributed by atoms with E-state index in [9.17, 15) is 0 Å². The van der Waals surface area contributed by atoms with Gasteiger partial charge in [-0.25, -0.2) is 0 Å². The molecule has 0 saturated carbocycles. The third-order valence-corrected chi connectivity index (χ3v) is 4.29. The average molecular weight is 280 g/mol. The van der Waals surface area contributed by atoms with Crippen molar-refractivity contribution in [1.82, 2.24) is 14.7 Å². The second-order valence-corrected chi connectivity index (χ2v) is 6.51. The van der Waals surface area contributed by atoms with Gasteiger partial charge in [0.05, 0.1) is 5.69 Å². The summed E-state index contributed by atoms with van der Waals surface area (Å²) < 4.78 is 2.10. The van der Waals surface area contributed by atoms with Crippen molar-refractivity contribution in [3.05, 3.63) is 17.0 Å². The molecule has 0 fully saturated rings. The van der Waals surface area contributed by atoms with E-state index >= 15 is 0 Å². The average Bonchev–Trinajstić information content (AvgIpc) is 2.70. The molecule has 2 N–H and O–H groups in total. The molecule has 0 aromatic carbocycles. The summed E-state index contributed by atoms with van der Waals surface area (Å²) in [5, 5.41) is 4.65. The van der Waals surface area contributed by atoms with Gasteiger partial charge in [-0.1, -0.05) is 20.8 Å². The predicted molar refractivity (Wildman–Crippen MR) is 85.9 cm³/mol. The fourth-order valence-electron chi connectivity index (χ4n) is 2.94. The highest BCUT2D eigenvalue weighted by atomic mass is 15.3. The lowest BCUT2D eigenvalue weighted by Crippen LogP contribution is -2.40. The van der Waals surface area contributed by atoms with Crippen molar-refractivity contribution in [3.8, 4) is 0 Å². The van der Waals surface area contributed by atoms with Gasteiger partial charge in [0.1, 0.15) is 0 Å². The van der Waals surface area contributed by atoms with E-state index < -0.39 is 0 Å². The Morgan fingerprint density at radius 3 is 2.30 bits per heavy atom. The van der Waals surface area contributed by atoms with Gasteiger partial charge in [-0.05, 0) is 46.2 Å². The second-order valence-electron chi connectivity index (χ2n) is 6.51. The Kier molecular flexibility index (Phi) is 5.78. The van der Waals surface area contributed by atoms with E-state index in [4.69, 9.17) is 5.73 Å². The Balaban J connectivity index is 3.02. The van der Waals surface area contributed by atoms with Gasteiger partial charge >= 0.3 is 0 Å². The van der Waals surface area contributed by atoms with E-state index in [1.807, 2.05) is 0 Å². The molecule has 0 radical (unpaired) electrons. The minimum Gasteiger partial charge on any atom is -0.330 e. The number of aryl methyl sites for hydroxylation is 2. The van der Waals surface area contributed by atoms with Crippen LogP contribution in [-0.4, -0.2) is 34.3 Å². The monoisotopic (exact) mass is 280 g/mol. The van der Waals surface area contributed by atoms with Crippen LogP contribution in [0.5, 0.6) is 0 Å². The van der Waals surface area contributed by atoms with Crippen molar-refractivity contribution < 1.29 is 0 Å². The van der Waals surface area contributed by atoms with E-state index in [-0.39, 0.29) is 5.41 Å². The predicted octanol–water partition coefficient (Wildman–Crippen LogP) is 2.89. The summed E-state index contributed by atoms with van der Waals surface area (Å²) in [5.41, 5.74) is 9.86. The third-order valence-electron chi connectivity index (χ3n) is 4.29. The second kappa shape index (κ2) is 6.72. The van der Waals surface area contributed by atoms with Gasteiger partial charge in [-0.15, -0.1) is 0 Å². The van der Waals surface area contributed by atoms with Crippen molar-refractivity contribution >= 4 is 0 Å². The van der Waals surface area contributed by atoms with Gasteiger partial charge in [0.15, 0.2) is 0 Å². The zero-order valence-electron chi connectivity index (χ0n) is 14.3. The van der Waals surface area contributed by atoms with Crippen LogP contribution in [0.25, 0.3) is 0 Å². The van der Waals surface area contributed by atoms with Crippen molar-refractivity contribution in [3.63, 3.8) is 0 Å². The molecular weight excluding hydrogens is 248 g/mol. The van der Waals surface area contributed by atoms with Gasteiger partial charge in [0, 0.05) is 30.4 Å². The first-order valence-electron chi connectivity index (χ1n) is 7.75. The van der Waals surface area contributed by atoms with Crippen LogP contribution in [0.4, 0.5) is 0 Å². The Labute approximate surface area is 124 Å². The van der Waals surface area contributed by atoms with Crippen LogP contribution >= 0.6 is 0 Å². The molecule has 0 saturated heterocycles. The lowest BCUT2D eigenvalue weighted by atomic mass is 9.91. The van der Waals surface area contributed by atoms with E-state index in [0.29, 0.717) is 12.6 Å². The summed E-state index contributed by atoms with van der Waals surface area (Å²) >= 11 is 0. The standard InChI is InChI=1S/C16H32N4/c1-8-19(11-16(6,7)10-17)13(4)15-12(3)18-20(9-2)14(15)5/h13H,8-11,17H2,1-7H3. The molecule has 1 rings (SSSR count). The fraction of sp³-hybridized carbons (Fsp3) is 0.812. The zero-order valence-corrected chi connectivity index (χ0v) is 14.3. The number of aromatic nitrogens is 2. The lowest BCUT2D eigenvalue weighted by Gasteiger charge is -2.35. The first kappa shape index (κ1) is 17.2. The van der Waals surface area contributed by atoms with Crippen LogP contribution in [0, 0.1) is 19.3 Å². The molecule has 1 aromatic heterocycles. The van der Waals surface area contributed by atoms with Crippen molar-refractivity contribution in [2.45, 2.75) is 61.1 Å². The lowest BCUT2D eigenvalue weighted by molar-refractivity contribution is 0.147. The molecule has 0 amide bonds. The summed E-state index contributed by atoms with van der Waals surface area (Å²) in [6.07, 6.45) is 0. The van der Waals surface area contributed by atoms with Gasteiger partial charge in [-0.3, -0.25) is 9.58 Å². The first-order valence-corrected chi connectivity index (χ1v) is 7.75. The minimum atomic E-state index is 0.146.